The van der Waals surface area contributed by atoms with E-state index in [0.29, 0.717) is 5.82 Å². The van der Waals surface area contributed by atoms with E-state index in [1.165, 1.54) is 38.5 Å². The summed E-state index contributed by atoms with van der Waals surface area (Å²) in [6.07, 6.45) is 12.5. The van der Waals surface area contributed by atoms with Gasteiger partial charge in [-0.3, -0.25) is 0 Å². The SMILES string of the molecule is CCCCCCCCc1cnc(-c2ccc(C(=O)O)cc2)nc1.Cl. The van der Waals surface area contributed by atoms with E-state index < -0.39 is 5.97 Å². The molecule has 2 rings (SSSR count). The molecule has 1 aromatic carbocycles. The number of nitrogens with zero attached hydrogens (tertiary/aromatic N) is 2. The highest BCUT2D eigenvalue weighted by atomic mass is 35.5. The summed E-state index contributed by atoms with van der Waals surface area (Å²) in [5.74, 6) is -0.291. The first-order valence-electron chi connectivity index (χ1n) is 8.35. The first-order valence-corrected chi connectivity index (χ1v) is 8.35. The van der Waals surface area contributed by atoms with Crippen LogP contribution in [-0.4, -0.2) is 21.0 Å². The molecular formula is C19H25ClN2O2. The van der Waals surface area contributed by atoms with Crippen molar-refractivity contribution in [3.05, 3.63) is 47.8 Å². The van der Waals surface area contributed by atoms with Crippen molar-refractivity contribution in [2.45, 2.75) is 51.9 Å². The minimum Gasteiger partial charge on any atom is -0.478 e. The average Bonchev–Trinajstić information content (AvgIpc) is 2.58. The van der Waals surface area contributed by atoms with E-state index in [4.69, 9.17) is 5.11 Å². The minimum absolute atomic E-state index is 0. The molecule has 0 saturated heterocycles. The number of carboxylic acids is 1. The Labute approximate surface area is 149 Å². The third-order valence-corrected chi connectivity index (χ3v) is 3.91. The Morgan fingerprint density at radius 3 is 2.12 bits per heavy atom. The second kappa shape index (κ2) is 10.8. The second-order valence-corrected chi connectivity index (χ2v) is 5.82. The van der Waals surface area contributed by atoms with Crippen molar-refractivity contribution in [3.8, 4) is 11.4 Å². The molecule has 0 radical (unpaired) electrons. The van der Waals surface area contributed by atoms with Crippen molar-refractivity contribution >= 4 is 18.4 Å². The van der Waals surface area contributed by atoms with Crippen LogP contribution in [0.3, 0.4) is 0 Å². The smallest absolute Gasteiger partial charge is 0.335 e. The quantitative estimate of drug-likeness (QED) is 0.635. The van der Waals surface area contributed by atoms with Gasteiger partial charge in [0.2, 0.25) is 0 Å². The minimum atomic E-state index is -0.924. The molecule has 4 nitrogen and oxygen atoms in total. The van der Waals surface area contributed by atoms with Crippen molar-refractivity contribution in [2.24, 2.45) is 0 Å². The van der Waals surface area contributed by atoms with Crippen molar-refractivity contribution < 1.29 is 9.90 Å². The van der Waals surface area contributed by atoms with Crippen LogP contribution in [0.2, 0.25) is 0 Å². The fraction of sp³-hybridized carbons (Fsp3) is 0.421. The van der Waals surface area contributed by atoms with Gasteiger partial charge in [-0.15, -0.1) is 12.4 Å². The molecule has 0 saturated carbocycles. The zero-order valence-electron chi connectivity index (χ0n) is 14.1. The van der Waals surface area contributed by atoms with Crippen LogP contribution in [0.25, 0.3) is 11.4 Å². The number of benzene rings is 1. The molecule has 0 spiro atoms. The summed E-state index contributed by atoms with van der Waals surface area (Å²) >= 11 is 0. The summed E-state index contributed by atoms with van der Waals surface area (Å²) < 4.78 is 0. The van der Waals surface area contributed by atoms with E-state index in [2.05, 4.69) is 16.9 Å². The van der Waals surface area contributed by atoms with Gasteiger partial charge in [0.1, 0.15) is 0 Å². The summed E-state index contributed by atoms with van der Waals surface area (Å²) in [5, 5.41) is 8.90. The van der Waals surface area contributed by atoms with Crippen molar-refractivity contribution in [1.29, 1.82) is 0 Å². The van der Waals surface area contributed by atoms with E-state index in [9.17, 15) is 4.79 Å². The number of rotatable bonds is 9. The predicted octanol–water partition coefficient (Wildman–Crippen LogP) is 5.17. The Morgan fingerprint density at radius 2 is 1.54 bits per heavy atom. The molecule has 0 aliphatic rings. The number of aromatic carboxylic acids is 1. The van der Waals surface area contributed by atoms with Crippen LogP contribution in [0.15, 0.2) is 36.7 Å². The molecule has 0 amide bonds. The third kappa shape index (κ3) is 6.28. The van der Waals surface area contributed by atoms with Gasteiger partial charge in [-0.2, -0.15) is 0 Å². The van der Waals surface area contributed by atoms with Crippen LogP contribution in [0.5, 0.6) is 0 Å². The van der Waals surface area contributed by atoms with Gasteiger partial charge >= 0.3 is 5.97 Å². The topological polar surface area (TPSA) is 63.1 Å². The lowest BCUT2D eigenvalue weighted by Crippen LogP contribution is -1.96. The largest absolute Gasteiger partial charge is 0.478 e. The second-order valence-electron chi connectivity index (χ2n) is 5.82. The fourth-order valence-electron chi connectivity index (χ4n) is 2.50. The standard InChI is InChI=1S/C19H24N2O2.ClH/c1-2-3-4-5-6-7-8-15-13-20-18(21-14-15)16-9-11-17(12-10-16)19(22)23;/h9-14H,2-8H2,1H3,(H,22,23);1H. The van der Waals surface area contributed by atoms with Gasteiger partial charge in [0.05, 0.1) is 5.56 Å². The average molecular weight is 349 g/mol. The van der Waals surface area contributed by atoms with E-state index in [-0.39, 0.29) is 18.0 Å². The maximum Gasteiger partial charge on any atom is 0.335 e. The summed E-state index contributed by atoms with van der Waals surface area (Å²) in [4.78, 5) is 19.6. The van der Waals surface area contributed by atoms with Gasteiger partial charge in [0.15, 0.2) is 5.82 Å². The maximum absolute atomic E-state index is 10.8. The first kappa shape index (κ1) is 20.1. The van der Waals surface area contributed by atoms with Gasteiger partial charge in [0, 0.05) is 18.0 Å². The number of unbranched alkanes of at least 4 members (excludes halogenated alkanes) is 5. The van der Waals surface area contributed by atoms with E-state index in [0.717, 1.165) is 17.5 Å². The Balaban J connectivity index is 0.00000288. The number of aromatic nitrogens is 2. The van der Waals surface area contributed by atoms with Crippen molar-refractivity contribution in [3.63, 3.8) is 0 Å². The van der Waals surface area contributed by atoms with Crippen LogP contribution in [-0.2, 0) is 6.42 Å². The van der Waals surface area contributed by atoms with Crippen molar-refractivity contribution in [1.82, 2.24) is 9.97 Å². The summed E-state index contributed by atoms with van der Waals surface area (Å²) in [7, 11) is 0. The number of hydrogen-bond acceptors (Lipinski definition) is 3. The maximum atomic E-state index is 10.8. The van der Waals surface area contributed by atoms with Gasteiger partial charge < -0.3 is 5.11 Å². The highest BCUT2D eigenvalue weighted by Gasteiger charge is 2.05. The number of hydrogen-bond donors (Lipinski definition) is 1. The number of carbonyl (C=O) groups is 1. The molecule has 24 heavy (non-hydrogen) atoms. The number of halogens is 1. The predicted molar refractivity (Wildman–Crippen MR) is 98.8 cm³/mol. The van der Waals surface area contributed by atoms with E-state index >= 15 is 0 Å². The molecule has 0 aliphatic heterocycles. The van der Waals surface area contributed by atoms with Gasteiger partial charge in [-0.1, -0.05) is 51.2 Å². The Kier molecular flexibility index (Phi) is 9.02. The number of aryl methyl sites for hydroxylation is 1. The molecule has 0 bridgehead atoms. The Bertz CT molecular complexity index is 612. The summed E-state index contributed by atoms with van der Waals surface area (Å²) in [6, 6.07) is 6.63. The molecule has 130 valence electrons. The van der Waals surface area contributed by atoms with E-state index in [1.54, 1.807) is 24.3 Å². The monoisotopic (exact) mass is 348 g/mol. The molecule has 5 heteroatoms. The van der Waals surface area contributed by atoms with Crippen LogP contribution in [0.1, 0.15) is 61.4 Å². The normalized spacial score (nSPS) is 10.2. The highest BCUT2D eigenvalue weighted by molar-refractivity contribution is 5.88. The molecular weight excluding hydrogens is 324 g/mol. The lowest BCUT2D eigenvalue weighted by atomic mass is 10.1. The van der Waals surface area contributed by atoms with Crippen LogP contribution in [0.4, 0.5) is 0 Å². The first-order chi connectivity index (χ1) is 11.2. The molecule has 1 aromatic heterocycles. The van der Waals surface area contributed by atoms with Crippen LogP contribution < -0.4 is 0 Å². The van der Waals surface area contributed by atoms with Gasteiger partial charge in [0.25, 0.3) is 0 Å². The zero-order chi connectivity index (χ0) is 16.5. The Morgan fingerprint density at radius 1 is 0.958 bits per heavy atom. The van der Waals surface area contributed by atoms with Gasteiger partial charge in [-0.25, -0.2) is 14.8 Å². The molecule has 0 aliphatic carbocycles. The number of carboxylic acid groups (broad SMARTS) is 1. The molecule has 0 fully saturated rings. The van der Waals surface area contributed by atoms with Gasteiger partial charge in [-0.05, 0) is 30.5 Å². The van der Waals surface area contributed by atoms with Crippen LogP contribution >= 0.6 is 12.4 Å². The fourth-order valence-corrected chi connectivity index (χ4v) is 2.50. The van der Waals surface area contributed by atoms with E-state index in [1.807, 2.05) is 12.4 Å². The molecule has 1 heterocycles. The van der Waals surface area contributed by atoms with Crippen LogP contribution in [0, 0.1) is 0 Å². The molecule has 1 N–H and O–H groups in total. The van der Waals surface area contributed by atoms with Crippen molar-refractivity contribution in [2.75, 3.05) is 0 Å². The lowest BCUT2D eigenvalue weighted by Gasteiger charge is -2.04. The molecule has 0 unspecified atom stereocenters. The molecule has 2 aromatic rings. The summed E-state index contributed by atoms with van der Waals surface area (Å²) in [5.41, 5.74) is 2.26. The third-order valence-electron chi connectivity index (χ3n) is 3.91. The Hall–Kier alpha value is -1.94. The highest BCUT2D eigenvalue weighted by Crippen LogP contribution is 2.16. The lowest BCUT2D eigenvalue weighted by molar-refractivity contribution is 0.0697. The zero-order valence-corrected chi connectivity index (χ0v) is 14.9. The molecule has 0 atom stereocenters. The summed E-state index contributed by atoms with van der Waals surface area (Å²) in [6.45, 7) is 2.23.